The smallest absolute Gasteiger partial charge is 0.387 e. The summed E-state index contributed by atoms with van der Waals surface area (Å²) in [5, 5.41) is 3.00. The molecule has 2 N–H and O–H groups in total. The van der Waals surface area contributed by atoms with E-state index in [4.69, 9.17) is 9.72 Å². The number of hydrogen-bond acceptors (Lipinski definition) is 5. The molecule has 0 radical (unpaired) electrons. The van der Waals surface area contributed by atoms with E-state index in [1.54, 1.807) is 0 Å². The van der Waals surface area contributed by atoms with Crippen molar-refractivity contribution < 1.29 is 18.3 Å². The highest BCUT2D eigenvalue weighted by Gasteiger charge is 2.42. The number of imidazole rings is 1. The van der Waals surface area contributed by atoms with Crippen LogP contribution in [0.3, 0.4) is 0 Å². The number of nitrogens with one attached hydrogen (secondary N) is 2. The molecule has 6 rings (SSSR count). The van der Waals surface area contributed by atoms with Crippen molar-refractivity contribution in [3.63, 3.8) is 0 Å². The van der Waals surface area contributed by atoms with Crippen molar-refractivity contribution in [2.45, 2.75) is 25.1 Å². The molecule has 1 amide bonds. The number of amides is 1. The van der Waals surface area contributed by atoms with Crippen LogP contribution in [-0.2, 0) is 0 Å². The monoisotopic (exact) mass is 435 g/mol. The number of carbonyl (C=O) groups is 1. The highest BCUT2D eigenvalue weighted by molar-refractivity contribution is 6.00. The lowest BCUT2D eigenvalue weighted by molar-refractivity contribution is -0.0495. The number of benzene rings is 2. The van der Waals surface area contributed by atoms with Gasteiger partial charge >= 0.3 is 12.3 Å². The maximum absolute atomic E-state index is 13.3. The Balaban J connectivity index is 1.70. The van der Waals surface area contributed by atoms with Crippen LogP contribution in [0.2, 0.25) is 0 Å². The van der Waals surface area contributed by atoms with E-state index in [9.17, 15) is 18.4 Å². The number of aromatic amines is 1. The Morgan fingerprint density at radius 3 is 2.78 bits per heavy atom. The van der Waals surface area contributed by atoms with Gasteiger partial charge in [-0.2, -0.15) is 8.78 Å². The van der Waals surface area contributed by atoms with Gasteiger partial charge < -0.3 is 19.6 Å². The zero-order valence-corrected chi connectivity index (χ0v) is 16.4. The summed E-state index contributed by atoms with van der Waals surface area (Å²) in [5.41, 5.74) is 2.29. The molecule has 32 heavy (non-hydrogen) atoms. The quantitative estimate of drug-likeness (QED) is 0.515. The maximum atomic E-state index is 13.3. The Labute approximate surface area is 178 Å². The summed E-state index contributed by atoms with van der Waals surface area (Å²) in [5.74, 6) is 0.223. The largest absolute Gasteiger partial charge is 0.434 e. The molecule has 10 heteroatoms. The van der Waals surface area contributed by atoms with Gasteiger partial charge in [-0.3, -0.25) is 4.79 Å². The molecule has 0 saturated carbocycles. The Kier molecular flexibility index (Phi) is 3.91. The van der Waals surface area contributed by atoms with Gasteiger partial charge in [0.15, 0.2) is 0 Å². The molecule has 2 aromatic heterocycles. The van der Waals surface area contributed by atoms with Crippen LogP contribution in [0.25, 0.3) is 22.3 Å². The van der Waals surface area contributed by atoms with E-state index in [1.807, 2.05) is 28.8 Å². The topological polar surface area (TPSA) is 102 Å². The van der Waals surface area contributed by atoms with Crippen LogP contribution in [0.4, 0.5) is 8.78 Å². The average molecular weight is 435 g/mol. The standard InChI is InChI=1S/C22H15F2N5O3/c23-21(24)32-16-6-5-10-17(18(16)12-7-8-25-22(31)28-12)15-9-13(27-20(10)30)19-26-11-3-1-2-4-14(11)29(15)19/h1-8,13,15,21H,9H2,(H,27,30)(H,25,28,31)/t13-,15-/m1/s1. The summed E-state index contributed by atoms with van der Waals surface area (Å²) in [6.45, 7) is -3.08. The van der Waals surface area contributed by atoms with Crippen molar-refractivity contribution in [1.29, 1.82) is 0 Å². The van der Waals surface area contributed by atoms with Crippen molar-refractivity contribution >= 4 is 16.9 Å². The fourth-order valence-corrected chi connectivity index (χ4v) is 4.81. The number of carbonyl (C=O) groups excluding carboxylic acids is 1. The second-order valence-electron chi connectivity index (χ2n) is 7.67. The molecule has 2 aliphatic rings. The maximum Gasteiger partial charge on any atom is 0.387 e. The number of hydrogen-bond donors (Lipinski definition) is 2. The molecule has 160 valence electrons. The fourth-order valence-electron chi connectivity index (χ4n) is 4.81. The molecule has 0 fully saturated rings. The van der Waals surface area contributed by atoms with Crippen LogP contribution in [0.5, 0.6) is 5.75 Å². The number of alkyl halides is 2. The van der Waals surface area contributed by atoms with Gasteiger partial charge in [-0.15, -0.1) is 0 Å². The van der Waals surface area contributed by atoms with Crippen LogP contribution in [0, 0.1) is 0 Å². The highest BCUT2D eigenvalue weighted by atomic mass is 19.3. The van der Waals surface area contributed by atoms with E-state index in [-0.39, 0.29) is 35.0 Å². The van der Waals surface area contributed by atoms with Crippen LogP contribution in [0.15, 0.2) is 53.5 Å². The van der Waals surface area contributed by atoms with Crippen LogP contribution in [-0.4, -0.2) is 32.0 Å². The third-order valence-corrected chi connectivity index (χ3v) is 5.96. The average Bonchev–Trinajstić information content (AvgIpc) is 3.26. The van der Waals surface area contributed by atoms with Gasteiger partial charge in [-0.25, -0.2) is 14.8 Å². The number of para-hydroxylation sites is 2. The van der Waals surface area contributed by atoms with Crippen molar-refractivity contribution in [2.24, 2.45) is 0 Å². The van der Waals surface area contributed by atoms with Gasteiger partial charge in [-0.1, -0.05) is 12.1 Å². The molecule has 0 unspecified atom stereocenters. The van der Waals surface area contributed by atoms with E-state index in [2.05, 4.69) is 15.3 Å². The highest BCUT2D eigenvalue weighted by Crippen LogP contribution is 2.49. The number of rotatable bonds is 3. The summed E-state index contributed by atoms with van der Waals surface area (Å²) in [4.78, 5) is 35.9. The number of aromatic nitrogens is 4. The van der Waals surface area contributed by atoms with Crippen molar-refractivity contribution in [3.05, 3.63) is 76.1 Å². The summed E-state index contributed by atoms with van der Waals surface area (Å²) >= 11 is 0. The Hall–Kier alpha value is -4.08. The zero-order valence-electron chi connectivity index (χ0n) is 16.4. The second-order valence-corrected chi connectivity index (χ2v) is 7.67. The predicted molar refractivity (Wildman–Crippen MR) is 110 cm³/mol. The Bertz CT molecular complexity index is 1460. The third kappa shape index (κ3) is 2.65. The van der Waals surface area contributed by atoms with E-state index in [0.29, 0.717) is 23.4 Å². The molecule has 2 bridgehead atoms. The number of halogens is 2. The van der Waals surface area contributed by atoms with Gasteiger partial charge in [-0.05, 0) is 36.8 Å². The van der Waals surface area contributed by atoms with Crippen molar-refractivity contribution in [1.82, 2.24) is 24.8 Å². The SMILES string of the molecule is O=C1N[C@@H]2C[C@H](c3c1ccc(OC(F)F)c3-c1ccnc(=O)[nH]1)n1c2nc2ccccc21. The van der Waals surface area contributed by atoms with Gasteiger partial charge in [0.1, 0.15) is 11.6 Å². The summed E-state index contributed by atoms with van der Waals surface area (Å²) < 4.78 is 33.4. The predicted octanol–water partition coefficient (Wildman–Crippen LogP) is 3.17. The minimum absolute atomic E-state index is 0.135. The Morgan fingerprint density at radius 1 is 1.12 bits per heavy atom. The molecule has 0 aliphatic carbocycles. The van der Waals surface area contributed by atoms with Crippen LogP contribution < -0.4 is 15.7 Å². The first-order valence-corrected chi connectivity index (χ1v) is 9.96. The lowest BCUT2D eigenvalue weighted by Crippen LogP contribution is -2.28. The Morgan fingerprint density at radius 2 is 1.97 bits per heavy atom. The fraction of sp³-hybridized carbons (Fsp3) is 0.182. The van der Waals surface area contributed by atoms with Crippen LogP contribution >= 0.6 is 0 Å². The molecule has 4 aromatic rings. The first-order valence-electron chi connectivity index (χ1n) is 9.96. The summed E-state index contributed by atoms with van der Waals surface area (Å²) in [6.07, 6.45) is 1.78. The molecule has 2 aliphatic heterocycles. The molecule has 4 heterocycles. The minimum atomic E-state index is -3.08. The first kappa shape index (κ1) is 18.7. The van der Waals surface area contributed by atoms with Crippen LogP contribution in [0.1, 0.15) is 40.3 Å². The van der Waals surface area contributed by atoms with Gasteiger partial charge in [0, 0.05) is 22.9 Å². The molecule has 0 saturated heterocycles. The van der Waals surface area contributed by atoms with E-state index in [1.165, 1.54) is 24.4 Å². The number of nitrogens with zero attached hydrogens (tertiary/aromatic N) is 3. The lowest BCUT2D eigenvalue weighted by Gasteiger charge is -2.23. The third-order valence-electron chi connectivity index (χ3n) is 5.96. The number of H-pyrrole nitrogens is 1. The molecule has 2 aromatic carbocycles. The number of ether oxygens (including phenoxy) is 1. The molecule has 8 nitrogen and oxygen atoms in total. The minimum Gasteiger partial charge on any atom is -0.434 e. The second kappa shape index (κ2) is 6.71. The molecule has 2 atom stereocenters. The van der Waals surface area contributed by atoms with Gasteiger partial charge in [0.25, 0.3) is 5.91 Å². The molecular formula is C22H15F2N5O3. The summed E-state index contributed by atoms with van der Waals surface area (Å²) in [6, 6.07) is 11.2. The molecular weight excluding hydrogens is 420 g/mol. The van der Waals surface area contributed by atoms with E-state index in [0.717, 1.165) is 11.0 Å². The number of fused-ring (bicyclic) bond motifs is 9. The summed E-state index contributed by atoms with van der Waals surface area (Å²) in [7, 11) is 0. The van der Waals surface area contributed by atoms with E-state index >= 15 is 0 Å². The first-order chi connectivity index (χ1) is 15.5. The normalized spacial score (nSPS) is 18.9. The van der Waals surface area contributed by atoms with Gasteiger partial charge in [0.05, 0.1) is 28.8 Å². The van der Waals surface area contributed by atoms with Crippen molar-refractivity contribution in [2.75, 3.05) is 0 Å². The lowest BCUT2D eigenvalue weighted by atomic mass is 9.91. The van der Waals surface area contributed by atoms with E-state index < -0.39 is 12.3 Å². The van der Waals surface area contributed by atoms with Crippen molar-refractivity contribution in [3.8, 4) is 17.0 Å². The molecule has 0 spiro atoms. The van der Waals surface area contributed by atoms with Gasteiger partial charge in [0.2, 0.25) is 0 Å². The zero-order chi connectivity index (χ0) is 22.0.